The van der Waals surface area contributed by atoms with Crippen LogP contribution in [0.1, 0.15) is 0 Å². The van der Waals surface area contributed by atoms with Crippen LogP contribution >= 0.6 is 0 Å². The number of aliphatic carboxylic acids is 1. The molecule has 0 aliphatic rings. The van der Waals surface area contributed by atoms with E-state index < -0.39 is 16.0 Å². The van der Waals surface area contributed by atoms with Crippen molar-refractivity contribution in [2.24, 2.45) is 0 Å². The first-order valence-electron chi connectivity index (χ1n) is 4.69. The van der Waals surface area contributed by atoms with Crippen molar-refractivity contribution in [2.75, 3.05) is 13.6 Å². The minimum absolute atomic E-state index is 0.0388. The minimum Gasteiger partial charge on any atom is -0.480 e. The molecule has 1 rings (SSSR count). The highest BCUT2D eigenvalue weighted by atomic mass is 32.2. The summed E-state index contributed by atoms with van der Waals surface area (Å²) < 4.78 is 25.9. The maximum Gasteiger partial charge on any atom is 0.325 e. The van der Waals surface area contributed by atoms with Crippen molar-refractivity contribution in [1.29, 1.82) is 0 Å². The van der Waals surface area contributed by atoms with Crippen molar-refractivity contribution in [3.63, 3.8) is 0 Å². The van der Waals surface area contributed by atoms with Crippen LogP contribution in [0.25, 0.3) is 0 Å². The van der Waals surface area contributed by atoms with Gasteiger partial charge in [-0.3, -0.25) is 9.48 Å². The number of nitrogens with zero attached hydrogens (tertiary/aromatic N) is 3. The highest BCUT2D eigenvalue weighted by Crippen LogP contribution is 2.12. The van der Waals surface area contributed by atoms with Gasteiger partial charge in [0.25, 0.3) is 0 Å². The lowest BCUT2D eigenvalue weighted by Gasteiger charge is -2.12. The first-order chi connectivity index (χ1) is 7.87. The molecule has 0 amide bonds. The summed E-state index contributed by atoms with van der Waals surface area (Å²) in [6, 6.07) is 0. The van der Waals surface area contributed by atoms with Gasteiger partial charge in [-0.15, -0.1) is 6.58 Å². The molecule has 94 valence electrons. The van der Waals surface area contributed by atoms with Crippen molar-refractivity contribution in [3.8, 4) is 0 Å². The molecule has 17 heavy (non-hydrogen) atoms. The van der Waals surface area contributed by atoms with Gasteiger partial charge in [-0.05, 0) is 0 Å². The minimum atomic E-state index is -3.63. The summed E-state index contributed by atoms with van der Waals surface area (Å²) in [6.07, 6.45) is 3.76. The van der Waals surface area contributed by atoms with Crippen LogP contribution in [0.4, 0.5) is 0 Å². The third-order valence-electron chi connectivity index (χ3n) is 2.00. The summed E-state index contributed by atoms with van der Waals surface area (Å²) in [5, 5.41) is 12.2. The number of likely N-dealkylation sites (N-methyl/N-ethyl adjacent to an activating group) is 1. The number of hydrogen-bond donors (Lipinski definition) is 1. The van der Waals surface area contributed by atoms with E-state index in [0.717, 1.165) is 15.2 Å². The largest absolute Gasteiger partial charge is 0.480 e. The SMILES string of the molecule is C=CCN(C)S(=O)(=O)c1cnn(CC(=O)O)c1. The predicted octanol–water partition coefficient (Wildman–Crippen LogP) is -0.226. The van der Waals surface area contributed by atoms with E-state index >= 15 is 0 Å². The molecule has 7 nitrogen and oxygen atoms in total. The molecular formula is C9H13N3O4S. The van der Waals surface area contributed by atoms with Gasteiger partial charge in [0.1, 0.15) is 11.4 Å². The fourth-order valence-electron chi connectivity index (χ4n) is 1.16. The van der Waals surface area contributed by atoms with E-state index in [1.807, 2.05) is 0 Å². The highest BCUT2D eigenvalue weighted by Gasteiger charge is 2.21. The summed E-state index contributed by atoms with van der Waals surface area (Å²) in [5.41, 5.74) is 0. The maximum atomic E-state index is 11.9. The summed E-state index contributed by atoms with van der Waals surface area (Å²) >= 11 is 0. The predicted molar refractivity (Wildman–Crippen MR) is 59.9 cm³/mol. The van der Waals surface area contributed by atoms with Crippen molar-refractivity contribution < 1.29 is 18.3 Å². The average Bonchev–Trinajstić information content (AvgIpc) is 2.66. The van der Waals surface area contributed by atoms with E-state index in [9.17, 15) is 13.2 Å². The monoisotopic (exact) mass is 259 g/mol. The van der Waals surface area contributed by atoms with Crippen molar-refractivity contribution in [1.82, 2.24) is 14.1 Å². The standard InChI is InChI=1S/C9H13N3O4S/c1-3-4-11(2)17(15,16)8-5-10-12(6-8)7-9(13)14/h3,5-6H,1,4,7H2,2H3,(H,13,14). The van der Waals surface area contributed by atoms with Gasteiger partial charge < -0.3 is 5.11 Å². The summed E-state index contributed by atoms with van der Waals surface area (Å²) in [4.78, 5) is 10.4. The maximum absolute atomic E-state index is 11.9. The second-order valence-electron chi connectivity index (χ2n) is 3.34. The number of sulfonamides is 1. The van der Waals surface area contributed by atoms with Crippen LogP contribution < -0.4 is 0 Å². The van der Waals surface area contributed by atoms with E-state index in [1.165, 1.54) is 19.3 Å². The van der Waals surface area contributed by atoms with Gasteiger partial charge in [0.15, 0.2) is 0 Å². The summed E-state index contributed by atoms with van der Waals surface area (Å²) in [6.45, 7) is 3.25. The summed E-state index contributed by atoms with van der Waals surface area (Å²) in [5.74, 6) is -1.09. The third kappa shape index (κ3) is 3.14. The molecule has 1 N–H and O–H groups in total. The van der Waals surface area contributed by atoms with Gasteiger partial charge in [-0.25, -0.2) is 8.42 Å². The van der Waals surface area contributed by atoms with E-state index in [1.54, 1.807) is 0 Å². The molecule has 0 unspecified atom stereocenters. The van der Waals surface area contributed by atoms with Crippen LogP contribution in [0.15, 0.2) is 29.9 Å². The van der Waals surface area contributed by atoms with Crippen LogP contribution in [0.5, 0.6) is 0 Å². The lowest BCUT2D eigenvalue weighted by atomic mass is 10.6. The molecule has 1 aromatic heterocycles. The van der Waals surface area contributed by atoms with Crippen LogP contribution in [0.3, 0.4) is 0 Å². The van der Waals surface area contributed by atoms with Crippen molar-refractivity contribution >= 4 is 16.0 Å². The van der Waals surface area contributed by atoms with Gasteiger partial charge in [-0.2, -0.15) is 9.40 Å². The molecule has 0 aliphatic heterocycles. The Bertz CT molecular complexity index is 520. The van der Waals surface area contributed by atoms with Crippen LogP contribution in [-0.2, 0) is 21.4 Å². The first-order valence-corrected chi connectivity index (χ1v) is 6.13. The average molecular weight is 259 g/mol. The molecule has 0 fully saturated rings. The normalized spacial score (nSPS) is 11.6. The second-order valence-corrected chi connectivity index (χ2v) is 5.39. The van der Waals surface area contributed by atoms with Gasteiger partial charge in [0.05, 0.1) is 6.20 Å². The zero-order chi connectivity index (χ0) is 13.1. The number of aromatic nitrogens is 2. The van der Waals surface area contributed by atoms with Crippen LogP contribution in [-0.4, -0.2) is 47.2 Å². The number of hydrogen-bond acceptors (Lipinski definition) is 4. The smallest absolute Gasteiger partial charge is 0.325 e. The Morgan fingerprint density at radius 2 is 2.35 bits per heavy atom. The van der Waals surface area contributed by atoms with Crippen LogP contribution in [0.2, 0.25) is 0 Å². The fraction of sp³-hybridized carbons (Fsp3) is 0.333. The Kier molecular flexibility index (Phi) is 4.02. The Hall–Kier alpha value is -1.67. The number of carbonyl (C=O) groups is 1. The van der Waals surface area contributed by atoms with Crippen molar-refractivity contribution in [3.05, 3.63) is 25.0 Å². The summed E-state index contributed by atoms with van der Waals surface area (Å²) in [7, 11) is -2.22. The Balaban J connectivity index is 2.96. The molecule has 0 aromatic carbocycles. The quantitative estimate of drug-likeness (QED) is 0.713. The highest BCUT2D eigenvalue weighted by molar-refractivity contribution is 7.89. The fourth-order valence-corrected chi connectivity index (χ4v) is 2.26. The zero-order valence-electron chi connectivity index (χ0n) is 9.28. The second kappa shape index (κ2) is 5.11. The number of carboxylic acid groups (broad SMARTS) is 1. The zero-order valence-corrected chi connectivity index (χ0v) is 10.1. The molecule has 0 aliphatic carbocycles. The van der Waals surface area contributed by atoms with E-state index in [2.05, 4.69) is 11.7 Å². The number of rotatable bonds is 6. The Labute approximate surface area is 99.0 Å². The molecule has 0 saturated heterocycles. The molecule has 0 saturated carbocycles. The number of carboxylic acids is 1. The molecule has 0 radical (unpaired) electrons. The van der Waals surface area contributed by atoms with E-state index in [4.69, 9.17) is 5.11 Å². The molecule has 0 bridgehead atoms. The van der Waals surface area contributed by atoms with Gasteiger partial charge in [0, 0.05) is 19.8 Å². The lowest BCUT2D eigenvalue weighted by Crippen LogP contribution is -2.26. The molecule has 1 heterocycles. The molecule has 0 spiro atoms. The molecule has 1 aromatic rings. The first kappa shape index (κ1) is 13.4. The van der Waals surface area contributed by atoms with Gasteiger partial charge in [-0.1, -0.05) is 6.08 Å². The van der Waals surface area contributed by atoms with Gasteiger partial charge >= 0.3 is 5.97 Å². The van der Waals surface area contributed by atoms with Gasteiger partial charge in [0.2, 0.25) is 10.0 Å². The topological polar surface area (TPSA) is 92.5 Å². The third-order valence-corrected chi connectivity index (χ3v) is 3.78. The Morgan fingerprint density at radius 3 is 2.88 bits per heavy atom. The van der Waals surface area contributed by atoms with Crippen molar-refractivity contribution in [2.45, 2.75) is 11.4 Å². The Morgan fingerprint density at radius 1 is 1.71 bits per heavy atom. The van der Waals surface area contributed by atoms with Crippen LogP contribution in [0, 0.1) is 0 Å². The molecule has 8 heteroatoms. The molecular weight excluding hydrogens is 246 g/mol. The molecule has 0 atom stereocenters. The van der Waals surface area contributed by atoms with E-state index in [-0.39, 0.29) is 18.0 Å². The van der Waals surface area contributed by atoms with E-state index in [0.29, 0.717) is 0 Å². The lowest BCUT2D eigenvalue weighted by molar-refractivity contribution is -0.137.